The van der Waals surface area contributed by atoms with E-state index in [1.807, 2.05) is 0 Å². The van der Waals surface area contributed by atoms with E-state index in [1.54, 1.807) is 0 Å². The molecule has 1 N–H and O–H groups in total. The second kappa shape index (κ2) is 5.38. The van der Waals surface area contributed by atoms with E-state index in [-0.39, 0.29) is 34.4 Å². The highest BCUT2D eigenvalue weighted by atomic mass is 35.5. The number of nitrogens with zero attached hydrogens (tertiary/aromatic N) is 1. The lowest BCUT2D eigenvalue weighted by atomic mass is 10.1. The van der Waals surface area contributed by atoms with Crippen molar-refractivity contribution in [3.8, 4) is 5.75 Å². The van der Waals surface area contributed by atoms with Gasteiger partial charge in [0.05, 0.1) is 16.5 Å². The van der Waals surface area contributed by atoms with Gasteiger partial charge in [-0.2, -0.15) is 8.42 Å². The van der Waals surface area contributed by atoms with Crippen LogP contribution in [0.5, 0.6) is 5.75 Å². The number of amides is 1. The molecular formula is C11H10Cl2FNO4S. The first-order valence-corrected chi connectivity index (χ1v) is 7.89. The smallest absolute Gasteiger partial charge is 0.302 e. The summed E-state index contributed by atoms with van der Waals surface area (Å²) < 4.78 is 33.9. The topological polar surface area (TPSA) is 74.7 Å². The number of carbonyl (C=O) groups excluding carboxylic acids is 1. The monoisotopic (exact) mass is 341 g/mol. The van der Waals surface area contributed by atoms with Crippen LogP contribution in [-0.4, -0.2) is 31.7 Å². The average molecular weight is 342 g/mol. The molecule has 1 aliphatic rings. The van der Waals surface area contributed by atoms with E-state index < -0.39 is 27.8 Å². The molecule has 1 amide bonds. The van der Waals surface area contributed by atoms with Gasteiger partial charge in [0.1, 0.15) is 0 Å². The summed E-state index contributed by atoms with van der Waals surface area (Å²) in [5, 5.41) is 10.0. The van der Waals surface area contributed by atoms with Crippen molar-refractivity contribution in [3.05, 3.63) is 22.2 Å². The third-order valence-corrected chi connectivity index (χ3v) is 4.31. The van der Waals surface area contributed by atoms with Crippen LogP contribution in [0.15, 0.2) is 12.1 Å². The van der Waals surface area contributed by atoms with Gasteiger partial charge in [0.25, 0.3) is 0 Å². The van der Waals surface area contributed by atoms with Crippen LogP contribution in [-0.2, 0) is 15.0 Å². The number of hydrogen-bond donors (Lipinski definition) is 1. The lowest BCUT2D eigenvalue weighted by molar-refractivity contribution is -0.117. The molecule has 1 atom stereocenters. The molecule has 5 nitrogen and oxygen atoms in total. The summed E-state index contributed by atoms with van der Waals surface area (Å²) in [6, 6.07) is 2.65. The second-order valence-electron chi connectivity index (χ2n) is 4.54. The number of phenolic OH excluding ortho intramolecular Hbond substituents is 1. The van der Waals surface area contributed by atoms with Gasteiger partial charge in [0.15, 0.2) is 5.75 Å². The zero-order valence-electron chi connectivity index (χ0n) is 10.0. The van der Waals surface area contributed by atoms with E-state index in [2.05, 4.69) is 0 Å². The Morgan fingerprint density at radius 1 is 1.40 bits per heavy atom. The van der Waals surface area contributed by atoms with Gasteiger partial charge in [0, 0.05) is 23.9 Å². The molecule has 1 aromatic carbocycles. The largest absolute Gasteiger partial charge is 0.504 e. The van der Waals surface area contributed by atoms with Gasteiger partial charge in [-0.3, -0.25) is 4.79 Å². The average Bonchev–Trinajstić information content (AvgIpc) is 2.62. The fourth-order valence-corrected chi connectivity index (χ4v) is 3.43. The molecule has 1 fully saturated rings. The van der Waals surface area contributed by atoms with Gasteiger partial charge in [0.2, 0.25) is 5.91 Å². The summed E-state index contributed by atoms with van der Waals surface area (Å²) in [5.41, 5.74) is 0.0891. The van der Waals surface area contributed by atoms with Crippen molar-refractivity contribution in [2.45, 2.75) is 6.42 Å². The fraction of sp³-hybridized carbons (Fsp3) is 0.364. The zero-order chi connectivity index (χ0) is 15.1. The minimum atomic E-state index is -4.66. The van der Waals surface area contributed by atoms with Crippen LogP contribution in [0.4, 0.5) is 9.57 Å². The number of anilines is 1. The van der Waals surface area contributed by atoms with Crippen molar-refractivity contribution in [3.63, 3.8) is 0 Å². The highest BCUT2D eigenvalue weighted by Crippen LogP contribution is 2.40. The molecule has 2 rings (SSSR count). The highest BCUT2D eigenvalue weighted by Gasteiger charge is 2.35. The van der Waals surface area contributed by atoms with Gasteiger partial charge < -0.3 is 10.0 Å². The molecule has 1 heterocycles. The minimum absolute atomic E-state index is 0.0216. The quantitative estimate of drug-likeness (QED) is 0.856. The summed E-state index contributed by atoms with van der Waals surface area (Å²) in [6.07, 6.45) is -0.118. The summed E-state index contributed by atoms with van der Waals surface area (Å²) >= 11 is 11.6. The van der Waals surface area contributed by atoms with Gasteiger partial charge >= 0.3 is 10.2 Å². The first kappa shape index (κ1) is 15.3. The van der Waals surface area contributed by atoms with Crippen molar-refractivity contribution < 1.29 is 22.2 Å². The van der Waals surface area contributed by atoms with Crippen LogP contribution in [0.25, 0.3) is 0 Å². The molecule has 20 heavy (non-hydrogen) atoms. The van der Waals surface area contributed by atoms with Crippen LogP contribution in [0.2, 0.25) is 10.0 Å². The molecule has 0 aliphatic carbocycles. The molecule has 0 radical (unpaired) electrons. The Hall–Kier alpha value is -1.05. The predicted octanol–water partition coefficient (Wildman–Crippen LogP) is 2.35. The maximum atomic E-state index is 12.7. The van der Waals surface area contributed by atoms with Crippen LogP contribution in [0, 0.1) is 5.92 Å². The molecule has 1 saturated heterocycles. The van der Waals surface area contributed by atoms with Gasteiger partial charge in [-0.1, -0.05) is 23.2 Å². The molecule has 0 aromatic heterocycles. The van der Waals surface area contributed by atoms with Crippen molar-refractivity contribution in [1.82, 2.24) is 0 Å². The van der Waals surface area contributed by atoms with Gasteiger partial charge in [-0.25, -0.2) is 0 Å². The lowest BCUT2D eigenvalue weighted by Crippen LogP contribution is -2.25. The number of halogens is 3. The molecule has 1 unspecified atom stereocenters. The predicted molar refractivity (Wildman–Crippen MR) is 73.5 cm³/mol. The molecule has 0 spiro atoms. The first-order valence-electron chi connectivity index (χ1n) is 5.58. The number of carbonyl (C=O) groups is 1. The van der Waals surface area contributed by atoms with Crippen molar-refractivity contribution in [2.24, 2.45) is 5.92 Å². The minimum Gasteiger partial charge on any atom is -0.504 e. The number of rotatable bonds is 3. The standard InChI is InChI=1S/C11H10Cl2FNO4S/c12-7-2-8(13)11(17)9(3-7)15-4-6(1-10(15)16)5-20(14,18)19/h2-3,6,17H,1,4-5H2. The maximum Gasteiger partial charge on any atom is 0.302 e. The SMILES string of the molecule is O=C1CC(CS(=O)(=O)F)CN1c1cc(Cl)cc(Cl)c1O. The first-order chi connectivity index (χ1) is 9.17. The molecule has 1 aliphatic heterocycles. The fourth-order valence-electron chi connectivity index (χ4n) is 2.17. The van der Waals surface area contributed by atoms with Crippen LogP contribution in [0.1, 0.15) is 6.42 Å². The van der Waals surface area contributed by atoms with E-state index in [4.69, 9.17) is 23.2 Å². The second-order valence-corrected chi connectivity index (χ2v) is 6.79. The van der Waals surface area contributed by atoms with Crippen molar-refractivity contribution in [2.75, 3.05) is 17.2 Å². The highest BCUT2D eigenvalue weighted by molar-refractivity contribution is 7.86. The Morgan fingerprint density at radius 2 is 2.05 bits per heavy atom. The normalized spacial score (nSPS) is 19.6. The molecule has 0 bridgehead atoms. The Kier molecular flexibility index (Phi) is 4.13. The maximum absolute atomic E-state index is 12.7. The van der Waals surface area contributed by atoms with E-state index in [9.17, 15) is 22.2 Å². The molecule has 9 heteroatoms. The number of hydrogen-bond acceptors (Lipinski definition) is 4. The van der Waals surface area contributed by atoms with Crippen molar-refractivity contribution >= 4 is 45.0 Å². The molecule has 1 aromatic rings. The molecular weight excluding hydrogens is 332 g/mol. The van der Waals surface area contributed by atoms with Crippen LogP contribution < -0.4 is 4.90 Å². The summed E-state index contributed by atoms with van der Waals surface area (Å²) in [7, 11) is -4.66. The van der Waals surface area contributed by atoms with Crippen LogP contribution >= 0.6 is 23.2 Å². The zero-order valence-corrected chi connectivity index (χ0v) is 12.3. The van der Waals surface area contributed by atoms with E-state index in [1.165, 1.54) is 12.1 Å². The Bertz CT molecular complexity index is 665. The Balaban J connectivity index is 2.29. The molecule has 0 saturated carbocycles. The lowest BCUT2D eigenvalue weighted by Gasteiger charge is -2.18. The van der Waals surface area contributed by atoms with E-state index in [0.717, 1.165) is 4.90 Å². The summed E-state index contributed by atoms with van der Waals surface area (Å²) in [5.74, 6) is -2.15. The van der Waals surface area contributed by atoms with Crippen LogP contribution in [0.3, 0.4) is 0 Å². The van der Waals surface area contributed by atoms with Gasteiger partial charge in [-0.05, 0) is 12.1 Å². The number of aromatic hydroxyl groups is 1. The Labute approximate surface area is 125 Å². The molecule has 110 valence electrons. The van der Waals surface area contributed by atoms with Crippen molar-refractivity contribution in [1.29, 1.82) is 0 Å². The number of phenols is 1. The Morgan fingerprint density at radius 3 is 2.65 bits per heavy atom. The van der Waals surface area contributed by atoms with Gasteiger partial charge in [-0.15, -0.1) is 3.89 Å². The van der Waals surface area contributed by atoms with E-state index >= 15 is 0 Å². The third-order valence-electron chi connectivity index (χ3n) is 2.94. The summed E-state index contributed by atoms with van der Waals surface area (Å²) in [4.78, 5) is 13.0. The summed E-state index contributed by atoms with van der Waals surface area (Å²) in [6.45, 7) is -0.0216. The third kappa shape index (κ3) is 3.34. The number of benzene rings is 1. The van der Waals surface area contributed by atoms with E-state index in [0.29, 0.717) is 0 Å².